The van der Waals surface area contributed by atoms with Gasteiger partial charge < -0.3 is 0 Å². The molecule has 62 valence electrons. The fourth-order valence-corrected chi connectivity index (χ4v) is 1.95. The van der Waals surface area contributed by atoms with Gasteiger partial charge in [-0.25, -0.2) is 0 Å². The summed E-state index contributed by atoms with van der Waals surface area (Å²) >= 11 is 0. The van der Waals surface area contributed by atoms with Crippen molar-refractivity contribution in [2.24, 2.45) is 17.8 Å². The lowest BCUT2D eigenvalue weighted by Gasteiger charge is -2.27. The van der Waals surface area contributed by atoms with Crippen molar-refractivity contribution in [2.45, 2.75) is 39.5 Å². The molecule has 0 saturated heterocycles. The predicted octanol–water partition coefficient (Wildman–Crippen LogP) is 2.97. The van der Waals surface area contributed by atoms with E-state index in [1.165, 1.54) is 12.8 Å². The number of rotatable bonds is 1. The summed E-state index contributed by atoms with van der Waals surface area (Å²) < 4.78 is 0. The van der Waals surface area contributed by atoms with Gasteiger partial charge in [-0.1, -0.05) is 26.7 Å². The molecular weight excluding hydrogens is 134 g/mol. The fraction of sp³-hybridized carbons (Fsp3) is 0.900. The maximum atomic E-state index is 8.74. The normalized spacial score (nSPS) is 31.8. The molecule has 0 amide bonds. The summed E-state index contributed by atoms with van der Waals surface area (Å²) in [5.74, 6) is 1.94. The van der Waals surface area contributed by atoms with Crippen LogP contribution >= 0.6 is 0 Å². The molecule has 1 nitrogen and oxygen atoms in total. The van der Waals surface area contributed by atoms with Crippen LogP contribution in [0.15, 0.2) is 0 Å². The molecule has 0 heterocycles. The highest BCUT2D eigenvalue weighted by molar-refractivity contribution is 4.88. The van der Waals surface area contributed by atoms with Gasteiger partial charge in [0.1, 0.15) is 0 Å². The molecule has 2 atom stereocenters. The van der Waals surface area contributed by atoms with Gasteiger partial charge in [-0.15, -0.1) is 0 Å². The van der Waals surface area contributed by atoms with Crippen LogP contribution in [-0.2, 0) is 0 Å². The minimum atomic E-state index is 0.358. The van der Waals surface area contributed by atoms with E-state index in [0.717, 1.165) is 24.7 Å². The second-order valence-electron chi connectivity index (χ2n) is 4.00. The largest absolute Gasteiger partial charge is 0.198 e. The number of hydrogen-bond donors (Lipinski definition) is 0. The first-order chi connectivity index (χ1) is 5.24. The van der Waals surface area contributed by atoms with Crippen LogP contribution in [0.5, 0.6) is 0 Å². The van der Waals surface area contributed by atoms with Crippen LogP contribution in [0.3, 0.4) is 0 Å². The maximum absolute atomic E-state index is 8.74. The first kappa shape index (κ1) is 8.59. The van der Waals surface area contributed by atoms with Crippen molar-refractivity contribution in [1.82, 2.24) is 0 Å². The van der Waals surface area contributed by atoms with Crippen LogP contribution < -0.4 is 0 Å². The second-order valence-corrected chi connectivity index (χ2v) is 4.00. The van der Waals surface area contributed by atoms with Crippen LogP contribution in [-0.4, -0.2) is 0 Å². The summed E-state index contributed by atoms with van der Waals surface area (Å²) in [6, 6.07) is 2.39. The third-order valence-corrected chi connectivity index (χ3v) is 2.84. The maximum Gasteiger partial charge on any atom is 0.0655 e. The smallest absolute Gasteiger partial charge is 0.0655 e. The van der Waals surface area contributed by atoms with E-state index in [1.807, 2.05) is 0 Å². The monoisotopic (exact) mass is 151 g/mol. The van der Waals surface area contributed by atoms with Gasteiger partial charge in [0.2, 0.25) is 0 Å². The molecule has 1 aliphatic carbocycles. The van der Waals surface area contributed by atoms with Gasteiger partial charge >= 0.3 is 0 Å². The number of hydrogen-bond acceptors (Lipinski definition) is 1. The molecule has 1 heteroatoms. The molecule has 2 unspecified atom stereocenters. The van der Waals surface area contributed by atoms with Crippen molar-refractivity contribution < 1.29 is 0 Å². The van der Waals surface area contributed by atoms with Crippen molar-refractivity contribution in [3.63, 3.8) is 0 Å². The van der Waals surface area contributed by atoms with E-state index in [9.17, 15) is 0 Å². The minimum absolute atomic E-state index is 0.358. The van der Waals surface area contributed by atoms with Crippen LogP contribution in [0.1, 0.15) is 39.5 Å². The zero-order chi connectivity index (χ0) is 8.27. The van der Waals surface area contributed by atoms with Gasteiger partial charge in [0, 0.05) is 5.92 Å². The Kier molecular flexibility index (Phi) is 2.93. The molecule has 11 heavy (non-hydrogen) atoms. The summed E-state index contributed by atoms with van der Waals surface area (Å²) in [6.07, 6.45) is 4.89. The molecule has 1 aliphatic rings. The van der Waals surface area contributed by atoms with Crippen molar-refractivity contribution in [3.05, 3.63) is 0 Å². The van der Waals surface area contributed by atoms with Gasteiger partial charge in [0.15, 0.2) is 0 Å². The Balaban J connectivity index is 2.41. The molecule has 1 rings (SSSR count). The van der Waals surface area contributed by atoms with E-state index in [2.05, 4.69) is 19.9 Å². The van der Waals surface area contributed by atoms with Gasteiger partial charge in [0.05, 0.1) is 6.07 Å². The summed E-state index contributed by atoms with van der Waals surface area (Å²) in [7, 11) is 0. The molecular formula is C10H17N. The van der Waals surface area contributed by atoms with Gasteiger partial charge in [0.25, 0.3) is 0 Å². The summed E-state index contributed by atoms with van der Waals surface area (Å²) in [5, 5.41) is 8.74. The summed E-state index contributed by atoms with van der Waals surface area (Å²) in [5.41, 5.74) is 0. The van der Waals surface area contributed by atoms with Gasteiger partial charge in [-0.2, -0.15) is 5.26 Å². The fourth-order valence-electron chi connectivity index (χ4n) is 1.95. The SMILES string of the molecule is CC(C)C1CCCC(C#N)C1. The highest BCUT2D eigenvalue weighted by atomic mass is 14.3. The van der Waals surface area contributed by atoms with Gasteiger partial charge in [-0.3, -0.25) is 0 Å². The van der Waals surface area contributed by atoms with E-state index < -0.39 is 0 Å². The Morgan fingerprint density at radius 3 is 2.64 bits per heavy atom. The Labute approximate surface area is 69.4 Å². The summed E-state index contributed by atoms with van der Waals surface area (Å²) in [6.45, 7) is 4.54. The number of nitriles is 1. The lowest BCUT2D eigenvalue weighted by molar-refractivity contribution is 0.245. The molecule has 0 N–H and O–H groups in total. The standard InChI is InChI=1S/C10H17N/c1-8(2)10-5-3-4-9(6-10)7-11/h8-10H,3-6H2,1-2H3. The van der Waals surface area contributed by atoms with E-state index in [0.29, 0.717) is 5.92 Å². The highest BCUT2D eigenvalue weighted by Crippen LogP contribution is 2.32. The Morgan fingerprint density at radius 1 is 1.36 bits per heavy atom. The molecule has 0 spiro atoms. The zero-order valence-corrected chi connectivity index (χ0v) is 7.51. The molecule has 0 radical (unpaired) electrons. The predicted molar refractivity (Wildman–Crippen MR) is 45.9 cm³/mol. The lowest BCUT2D eigenvalue weighted by atomic mass is 9.77. The van der Waals surface area contributed by atoms with Crippen LogP contribution in [0.4, 0.5) is 0 Å². The van der Waals surface area contributed by atoms with Crippen LogP contribution in [0, 0.1) is 29.1 Å². The van der Waals surface area contributed by atoms with E-state index >= 15 is 0 Å². The first-order valence-electron chi connectivity index (χ1n) is 4.63. The second kappa shape index (κ2) is 3.76. The molecule has 1 fully saturated rings. The molecule has 0 aromatic carbocycles. The Morgan fingerprint density at radius 2 is 2.09 bits per heavy atom. The Bertz CT molecular complexity index is 155. The van der Waals surface area contributed by atoms with E-state index in [4.69, 9.17) is 5.26 Å². The average Bonchev–Trinajstić information content (AvgIpc) is 2.05. The zero-order valence-electron chi connectivity index (χ0n) is 7.51. The molecule has 0 aliphatic heterocycles. The number of nitrogens with zero attached hydrogens (tertiary/aromatic N) is 1. The van der Waals surface area contributed by atoms with Crippen molar-refractivity contribution in [2.75, 3.05) is 0 Å². The van der Waals surface area contributed by atoms with Gasteiger partial charge in [-0.05, 0) is 24.7 Å². The third-order valence-electron chi connectivity index (χ3n) is 2.84. The summed E-state index contributed by atoms with van der Waals surface area (Å²) in [4.78, 5) is 0. The van der Waals surface area contributed by atoms with Crippen molar-refractivity contribution in [1.29, 1.82) is 5.26 Å². The molecule has 0 aromatic heterocycles. The van der Waals surface area contributed by atoms with Crippen LogP contribution in [0.2, 0.25) is 0 Å². The third kappa shape index (κ3) is 2.22. The minimum Gasteiger partial charge on any atom is -0.198 e. The molecule has 0 bridgehead atoms. The Hall–Kier alpha value is -0.510. The first-order valence-corrected chi connectivity index (χ1v) is 4.63. The molecule has 0 aromatic rings. The van der Waals surface area contributed by atoms with Crippen molar-refractivity contribution in [3.8, 4) is 6.07 Å². The quantitative estimate of drug-likeness (QED) is 0.565. The van der Waals surface area contributed by atoms with Crippen LogP contribution in [0.25, 0.3) is 0 Å². The molecule has 1 saturated carbocycles. The van der Waals surface area contributed by atoms with Crippen molar-refractivity contribution >= 4 is 0 Å². The van der Waals surface area contributed by atoms with E-state index in [1.54, 1.807) is 0 Å². The lowest BCUT2D eigenvalue weighted by Crippen LogP contribution is -2.18. The highest BCUT2D eigenvalue weighted by Gasteiger charge is 2.23. The topological polar surface area (TPSA) is 23.8 Å². The average molecular weight is 151 g/mol. The van der Waals surface area contributed by atoms with E-state index in [-0.39, 0.29) is 0 Å².